The van der Waals surface area contributed by atoms with Gasteiger partial charge in [-0.2, -0.15) is 0 Å². The molecule has 0 aliphatic rings. The Morgan fingerprint density at radius 2 is 0.700 bits per heavy atom. The van der Waals surface area contributed by atoms with Crippen molar-refractivity contribution in [2.75, 3.05) is 0 Å². The third-order valence-corrected chi connectivity index (χ3v) is 22.2. The standard InChI is InChI=1S/C4H18O3Si4.C3H14O3Si3.C2H10O3Si2.3Y/c1-8-5-11(4,6-9-2)7-10-3;1-7-5-9(3,4)6-8-2;1-6-5-7(2,3)4;;;/h8-10H2,1-4H3;4H,7-8H2,1-3H3;3-4H,6H2,1-2H3;;;. The fraction of sp³-hybridized carbons (Fsp3) is 1.00. The van der Waals surface area contributed by atoms with Gasteiger partial charge in [0.2, 0.25) is 0 Å². The van der Waals surface area contributed by atoms with Gasteiger partial charge >= 0.3 is 26.4 Å². The van der Waals surface area contributed by atoms with Crippen LogP contribution in [0.5, 0.6) is 0 Å². The Bertz CT molecular complexity index is 311. The molecule has 0 saturated carbocycles. The maximum absolute atomic E-state index is 9.28. The van der Waals surface area contributed by atoms with E-state index in [4.69, 9.17) is 30.2 Å². The molecule has 0 unspecified atom stereocenters. The molecule has 0 rings (SSSR count). The van der Waals surface area contributed by atoms with Crippen LogP contribution in [0.1, 0.15) is 0 Å². The molecule has 0 saturated heterocycles. The predicted octanol–water partition coefficient (Wildman–Crippen LogP) is -3.47. The Kier molecular flexibility index (Phi) is 48.2. The monoisotopic (exact) mass is 813 g/mol. The van der Waals surface area contributed by atoms with Crippen molar-refractivity contribution in [1.82, 2.24) is 0 Å². The fourth-order valence-corrected chi connectivity index (χ4v) is 18.9. The second-order valence-corrected chi connectivity index (χ2v) is 21.1. The van der Waals surface area contributed by atoms with Crippen molar-refractivity contribution in [3.05, 3.63) is 0 Å². The van der Waals surface area contributed by atoms with E-state index in [1.807, 2.05) is 26.2 Å². The molecule has 0 aliphatic heterocycles. The first kappa shape index (κ1) is 48.0. The van der Waals surface area contributed by atoms with Gasteiger partial charge in [0.25, 0.3) is 0 Å². The predicted molar refractivity (Wildman–Crippen MR) is 134 cm³/mol. The van der Waals surface area contributed by atoms with Gasteiger partial charge in [0.1, 0.15) is 58.6 Å². The second kappa shape index (κ2) is 30.1. The molecule has 0 aliphatic carbocycles. The Morgan fingerprint density at radius 1 is 0.467 bits per heavy atom. The Morgan fingerprint density at radius 3 is 0.833 bits per heavy atom. The summed E-state index contributed by atoms with van der Waals surface area (Å²) in [5, 5.41) is 0. The summed E-state index contributed by atoms with van der Waals surface area (Å²) in [4.78, 5) is 26.3. The molecule has 0 aromatic rings. The molecule has 3 N–H and O–H groups in total. The second-order valence-electron chi connectivity index (χ2n) is 5.29. The van der Waals surface area contributed by atoms with Gasteiger partial charge in [-0.15, -0.1) is 0 Å². The molecule has 0 atom stereocenters. The van der Waals surface area contributed by atoms with Crippen molar-refractivity contribution in [1.29, 1.82) is 0 Å². The van der Waals surface area contributed by atoms with Crippen LogP contribution in [0.15, 0.2) is 0 Å². The van der Waals surface area contributed by atoms with E-state index >= 15 is 0 Å². The van der Waals surface area contributed by atoms with Crippen molar-refractivity contribution in [3.8, 4) is 0 Å². The minimum absolute atomic E-state index is 0. The molecule has 0 aromatic heterocycles. The smallest absolute Gasteiger partial charge is 0.423 e. The first-order valence-corrected chi connectivity index (χ1v) is 28.1. The van der Waals surface area contributed by atoms with Gasteiger partial charge in [-0.05, 0) is 0 Å². The molecule has 0 bridgehead atoms. The van der Waals surface area contributed by atoms with Crippen molar-refractivity contribution in [3.63, 3.8) is 0 Å². The van der Waals surface area contributed by atoms with Crippen LogP contribution < -0.4 is 0 Å². The van der Waals surface area contributed by atoms with Crippen LogP contribution in [0.25, 0.3) is 0 Å². The zero-order chi connectivity index (χ0) is 22.0. The van der Waals surface area contributed by atoms with Crippen LogP contribution in [-0.2, 0) is 123 Å². The van der Waals surface area contributed by atoms with E-state index in [1.54, 1.807) is 6.55 Å². The summed E-state index contributed by atoms with van der Waals surface area (Å²) in [6, 6.07) is 0. The van der Waals surface area contributed by atoms with Crippen LogP contribution in [0, 0.1) is 0 Å². The maximum Gasteiger partial charge on any atom is 0.481 e. The van der Waals surface area contributed by atoms with E-state index < -0.39 is 55.7 Å². The summed E-state index contributed by atoms with van der Waals surface area (Å²) in [7, 11) is -10.5. The molecule has 21 heteroatoms. The van der Waals surface area contributed by atoms with Crippen LogP contribution in [0.3, 0.4) is 0 Å². The van der Waals surface area contributed by atoms with Crippen LogP contribution >= 0.6 is 0 Å². The number of hydrogen-bond acceptors (Lipinski definition) is 9. The molecule has 0 heterocycles. The van der Waals surface area contributed by atoms with Crippen molar-refractivity contribution in [2.24, 2.45) is 0 Å². The molecule has 177 valence electrons. The zero-order valence-electron chi connectivity index (χ0n) is 20.3. The van der Waals surface area contributed by atoms with Crippen LogP contribution in [0.2, 0.25) is 58.9 Å². The summed E-state index contributed by atoms with van der Waals surface area (Å²) in [5.41, 5.74) is 0. The molecule has 9 nitrogen and oxygen atoms in total. The Labute approximate surface area is 276 Å². The van der Waals surface area contributed by atoms with Crippen LogP contribution in [0.4, 0.5) is 0 Å². The van der Waals surface area contributed by atoms with Gasteiger partial charge in [-0.1, -0.05) is 39.3 Å². The van der Waals surface area contributed by atoms with E-state index in [9.17, 15) is 4.80 Å². The summed E-state index contributed by atoms with van der Waals surface area (Å²) in [5.74, 6) is 0. The van der Waals surface area contributed by atoms with Crippen LogP contribution in [-0.4, -0.2) is 99.4 Å². The third kappa shape index (κ3) is 40.1. The van der Waals surface area contributed by atoms with Gasteiger partial charge in [-0.3, -0.25) is 0 Å². The number of hydrogen-bond donors (Lipinski definition) is 3. The van der Waals surface area contributed by atoms with Gasteiger partial charge in [0.05, 0.1) is 0 Å². The van der Waals surface area contributed by atoms with E-state index in [1.165, 1.54) is 6.55 Å². The molecular formula is C9H42O9Si9Y3. The SMILES string of the molecule is C[SiH2]O[Si](C)(O)O.C[SiH2]O[Si](C)(O)O[SiH2]C.C[SiH2]O[Si](C)(O[SiH2]C)O[SiH2]C.[Y].[Y].[Y]. The summed E-state index contributed by atoms with van der Waals surface area (Å²) in [6.45, 7) is 17.2. The average Bonchev–Trinajstić information content (AvgIpc) is 2.47. The largest absolute Gasteiger partial charge is 0.481 e. The number of rotatable bonds is 12. The first-order chi connectivity index (χ1) is 12.4. The Balaban J connectivity index is -0.0000000701. The molecule has 30 heavy (non-hydrogen) atoms. The third-order valence-electron chi connectivity index (χ3n) is 2.46. The summed E-state index contributed by atoms with van der Waals surface area (Å²) >= 11 is 0. The minimum Gasteiger partial charge on any atom is -0.423 e. The van der Waals surface area contributed by atoms with E-state index in [2.05, 4.69) is 23.8 Å². The molecule has 0 amide bonds. The topological polar surface area (TPSA) is 116 Å². The fourth-order valence-electron chi connectivity index (χ4n) is 1.76. The van der Waals surface area contributed by atoms with Crippen molar-refractivity contribution in [2.45, 2.75) is 58.9 Å². The van der Waals surface area contributed by atoms with Crippen molar-refractivity contribution < 1.29 is 137 Å². The molecule has 0 spiro atoms. The summed E-state index contributed by atoms with van der Waals surface area (Å²) < 4.78 is 31.7. The summed E-state index contributed by atoms with van der Waals surface area (Å²) in [6.07, 6.45) is 0. The normalized spacial score (nSPS) is 16.4. The van der Waals surface area contributed by atoms with Gasteiger partial charge in [0, 0.05) is 118 Å². The van der Waals surface area contributed by atoms with E-state index in [0.717, 1.165) is 0 Å². The van der Waals surface area contributed by atoms with Gasteiger partial charge in [0.15, 0.2) is 0 Å². The molecule has 3 radical (unpaired) electrons. The Hall–Kier alpha value is 4.90. The van der Waals surface area contributed by atoms with Gasteiger partial charge in [-0.25, -0.2) is 0 Å². The van der Waals surface area contributed by atoms with Crippen molar-refractivity contribution >= 4 is 85.0 Å². The zero-order valence-corrected chi connectivity index (χ0v) is 40.3. The first-order valence-electron chi connectivity index (χ1n) is 9.37. The minimum atomic E-state index is -3.10. The van der Waals surface area contributed by atoms with E-state index in [0.29, 0.717) is 0 Å². The quantitative estimate of drug-likeness (QED) is 0.173. The maximum atomic E-state index is 9.28. The van der Waals surface area contributed by atoms with E-state index in [-0.39, 0.29) is 127 Å². The molecular weight excluding hydrogens is 772 g/mol. The molecule has 0 fully saturated rings. The average molecular weight is 814 g/mol. The van der Waals surface area contributed by atoms with Gasteiger partial charge < -0.3 is 39.1 Å². The molecule has 0 aromatic carbocycles.